The fourth-order valence-electron chi connectivity index (χ4n) is 2.48. The maximum Gasteiger partial charge on any atom is 0.319 e. The summed E-state index contributed by atoms with van der Waals surface area (Å²) in [5, 5.41) is 5.27. The van der Waals surface area contributed by atoms with E-state index in [1.165, 1.54) is 7.11 Å². The van der Waals surface area contributed by atoms with E-state index < -0.39 is 24.0 Å². The van der Waals surface area contributed by atoms with E-state index in [0.717, 1.165) is 5.56 Å². The van der Waals surface area contributed by atoms with Crippen molar-refractivity contribution in [1.82, 2.24) is 10.6 Å². The minimum atomic E-state index is -0.741. The second-order valence-corrected chi connectivity index (χ2v) is 5.41. The first-order valence-electron chi connectivity index (χ1n) is 7.82. The molecule has 2 rings (SSSR count). The van der Waals surface area contributed by atoms with Gasteiger partial charge in [-0.15, -0.1) is 0 Å². The van der Waals surface area contributed by atoms with Gasteiger partial charge in [-0.25, -0.2) is 4.79 Å². The van der Waals surface area contributed by atoms with Crippen LogP contribution < -0.4 is 15.4 Å². The molecule has 0 aliphatic carbocycles. The molecule has 1 aromatic carbocycles. The third-order valence-corrected chi connectivity index (χ3v) is 3.66. The van der Waals surface area contributed by atoms with Crippen molar-refractivity contribution in [3.05, 3.63) is 54.8 Å². The molecule has 7 nitrogen and oxygen atoms in total. The largest absolute Gasteiger partial charge is 0.490 e. The van der Waals surface area contributed by atoms with Gasteiger partial charge in [0.15, 0.2) is 0 Å². The van der Waals surface area contributed by atoms with Crippen LogP contribution >= 0.6 is 0 Å². The molecular formula is C18H22N2O5. The molecule has 25 heavy (non-hydrogen) atoms. The first-order valence-corrected chi connectivity index (χ1v) is 7.82. The van der Waals surface area contributed by atoms with E-state index in [1.807, 2.05) is 0 Å². The third kappa shape index (κ3) is 4.84. The van der Waals surface area contributed by atoms with E-state index in [4.69, 9.17) is 14.2 Å². The van der Waals surface area contributed by atoms with E-state index >= 15 is 0 Å². The number of methoxy groups -OCH3 is 1. The molecule has 1 fully saturated rings. The molecule has 7 heteroatoms. The number of ether oxygens (including phenoxy) is 3. The SMILES string of the molecule is C=CCOc1ccc([C@H]2NC(=O)NC(=C)[C@@H]2C(=O)OCCOC)cc1. The van der Waals surface area contributed by atoms with Crippen molar-refractivity contribution < 1.29 is 23.8 Å². The Kier molecular flexibility index (Phi) is 6.59. The van der Waals surface area contributed by atoms with Crippen LogP contribution in [0.2, 0.25) is 0 Å². The predicted molar refractivity (Wildman–Crippen MR) is 92.0 cm³/mol. The van der Waals surface area contributed by atoms with E-state index in [2.05, 4.69) is 23.8 Å². The highest BCUT2D eigenvalue weighted by Gasteiger charge is 2.38. The lowest BCUT2D eigenvalue weighted by atomic mass is 9.89. The smallest absolute Gasteiger partial charge is 0.319 e. The molecule has 1 saturated heterocycles. The maximum absolute atomic E-state index is 12.4. The zero-order chi connectivity index (χ0) is 18.2. The average Bonchev–Trinajstić information content (AvgIpc) is 2.59. The Morgan fingerprint density at radius 3 is 2.64 bits per heavy atom. The van der Waals surface area contributed by atoms with Crippen LogP contribution in [0, 0.1) is 5.92 Å². The standard InChI is InChI=1S/C18H22N2O5/c1-4-9-24-14-7-5-13(6-8-14)16-15(12(2)19-18(22)20-16)17(21)25-11-10-23-3/h4-8,15-16H,1-2,9-11H2,3H3,(H2,19,20,22)/t15-,16+/m0/s1. The van der Waals surface area contributed by atoms with Crippen LogP contribution in [0.1, 0.15) is 11.6 Å². The number of amides is 2. The van der Waals surface area contributed by atoms with Gasteiger partial charge in [-0.1, -0.05) is 31.4 Å². The highest BCUT2D eigenvalue weighted by atomic mass is 16.6. The lowest BCUT2D eigenvalue weighted by Gasteiger charge is -2.33. The third-order valence-electron chi connectivity index (χ3n) is 3.66. The molecule has 0 spiro atoms. The fraction of sp³-hybridized carbons (Fsp3) is 0.333. The van der Waals surface area contributed by atoms with Gasteiger partial charge in [-0.3, -0.25) is 4.79 Å². The number of carbonyl (C=O) groups is 2. The summed E-state index contributed by atoms with van der Waals surface area (Å²) in [5.74, 6) is -0.553. The average molecular weight is 346 g/mol. The number of benzene rings is 1. The molecular weight excluding hydrogens is 324 g/mol. The van der Waals surface area contributed by atoms with Gasteiger partial charge in [0.2, 0.25) is 0 Å². The molecule has 1 aromatic rings. The zero-order valence-electron chi connectivity index (χ0n) is 14.1. The Morgan fingerprint density at radius 1 is 1.28 bits per heavy atom. The molecule has 0 saturated carbocycles. The van der Waals surface area contributed by atoms with Crippen molar-refractivity contribution in [2.75, 3.05) is 26.9 Å². The molecule has 0 aromatic heterocycles. The van der Waals surface area contributed by atoms with Crippen LogP contribution in [0.4, 0.5) is 4.79 Å². The number of urea groups is 1. The van der Waals surface area contributed by atoms with Crippen molar-refractivity contribution in [3.63, 3.8) is 0 Å². The second-order valence-electron chi connectivity index (χ2n) is 5.41. The Morgan fingerprint density at radius 2 is 2.00 bits per heavy atom. The summed E-state index contributed by atoms with van der Waals surface area (Å²) in [6, 6.07) is 6.12. The normalized spacial score (nSPS) is 19.6. The van der Waals surface area contributed by atoms with Crippen LogP contribution in [0.5, 0.6) is 5.75 Å². The van der Waals surface area contributed by atoms with E-state index in [-0.39, 0.29) is 6.61 Å². The minimum absolute atomic E-state index is 0.133. The van der Waals surface area contributed by atoms with E-state index in [0.29, 0.717) is 24.7 Å². The lowest BCUT2D eigenvalue weighted by molar-refractivity contribution is -0.149. The van der Waals surface area contributed by atoms with Crippen LogP contribution in [0.3, 0.4) is 0 Å². The van der Waals surface area contributed by atoms with Crippen molar-refractivity contribution in [1.29, 1.82) is 0 Å². The summed E-state index contributed by atoms with van der Waals surface area (Å²) in [6.45, 7) is 8.21. The Hall–Kier alpha value is -2.80. The quantitative estimate of drug-likeness (QED) is 0.427. The topological polar surface area (TPSA) is 85.9 Å². The molecule has 2 atom stereocenters. The van der Waals surface area contributed by atoms with Gasteiger partial charge in [0.1, 0.15) is 24.9 Å². The van der Waals surface area contributed by atoms with Gasteiger partial charge in [0.05, 0.1) is 12.6 Å². The zero-order valence-corrected chi connectivity index (χ0v) is 14.1. The molecule has 0 unspecified atom stereocenters. The van der Waals surface area contributed by atoms with Crippen molar-refractivity contribution >= 4 is 12.0 Å². The summed E-state index contributed by atoms with van der Waals surface area (Å²) < 4.78 is 15.5. The van der Waals surface area contributed by atoms with Gasteiger partial charge < -0.3 is 24.8 Å². The lowest BCUT2D eigenvalue weighted by Crippen LogP contribution is -2.51. The molecule has 134 valence electrons. The van der Waals surface area contributed by atoms with Crippen molar-refractivity contribution in [3.8, 4) is 5.75 Å². The molecule has 0 radical (unpaired) electrons. The van der Waals surface area contributed by atoms with E-state index in [9.17, 15) is 9.59 Å². The minimum Gasteiger partial charge on any atom is -0.490 e. The van der Waals surface area contributed by atoms with Gasteiger partial charge in [-0.2, -0.15) is 0 Å². The first-order chi connectivity index (χ1) is 12.1. The van der Waals surface area contributed by atoms with Crippen LogP contribution in [0.25, 0.3) is 0 Å². The number of rotatable bonds is 8. The van der Waals surface area contributed by atoms with Gasteiger partial charge >= 0.3 is 12.0 Å². The van der Waals surface area contributed by atoms with Crippen LogP contribution in [-0.2, 0) is 14.3 Å². The van der Waals surface area contributed by atoms with Crippen LogP contribution in [-0.4, -0.2) is 38.9 Å². The maximum atomic E-state index is 12.4. The van der Waals surface area contributed by atoms with Crippen molar-refractivity contribution in [2.45, 2.75) is 6.04 Å². The van der Waals surface area contributed by atoms with E-state index in [1.54, 1.807) is 30.3 Å². The molecule has 2 amide bonds. The highest BCUT2D eigenvalue weighted by Crippen LogP contribution is 2.31. The molecule has 1 aliphatic rings. The van der Waals surface area contributed by atoms with Gasteiger partial charge in [0, 0.05) is 12.8 Å². The molecule has 1 aliphatic heterocycles. The summed E-state index contributed by atoms with van der Waals surface area (Å²) in [4.78, 5) is 24.2. The Balaban J connectivity index is 2.17. The number of carbonyl (C=O) groups excluding carboxylic acids is 2. The van der Waals surface area contributed by atoms with Gasteiger partial charge in [-0.05, 0) is 17.7 Å². The number of hydrogen-bond acceptors (Lipinski definition) is 5. The Bertz CT molecular complexity index is 641. The summed E-state index contributed by atoms with van der Waals surface area (Å²) in [7, 11) is 1.52. The number of esters is 1. The van der Waals surface area contributed by atoms with Gasteiger partial charge in [0.25, 0.3) is 0 Å². The fourth-order valence-corrected chi connectivity index (χ4v) is 2.48. The predicted octanol–water partition coefficient (Wildman–Crippen LogP) is 1.92. The molecule has 0 bridgehead atoms. The Labute approximate surface area is 146 Å². The highest BCUT2D eigenvalue weighted by molar-refractivity contribution is 5.85. The molecule has 2 N–H and O–H groups in total. The molecule has 1 heterocycles. The summed E-state index contributed by atoms with van der Waals surface area (Å²) >= 11 is 0. The number of hydrogen-bond donors (Lipinski definition) is 2. The second kappa shape index (κ2) is 8.89. The van der Waals surface area contributed by atoms with Crippen molar-refractivity contribution in [2.24, 2.45) is 5.92 Å². The summed E-state index contributed by atoms with van der Waals surface area (Å²) in [5.41, 5.74) is 1.04. The first kappa shape index (κ1) is 18.5. The summed E-state index contributed by atoms with van der Waals surface area (Å²) in [6.07, 6.45) is 1.65. The monoisotopic (exact) mass is 346 g/mol. The van der Waals surface area contributed by atoms with Crippen LogP contribution in [0.15, 0.2) is 49.2 Å². The number of nitrogens with one attached hydrogen (secondary N) is 2.